The van der Waals surface area contributed by atoms with Gasteiger partial charge in [0.25, 0.3) is 0 Å². The lowest BCUT2D eigenvalue weighted by Gasteiger charge is -2.27. The van der Waals surface area contributed by atoms with Gasteiger partial charge in [-0.25, -0.2) is 0 Å². The third-order valence-corrected chi connectivity index (χ3v) is 5.50. The molecule has 0 amide bonds. The van der Waals surface area contributed by atoms with E-state index in [0.29, 0.717) is 6.54 Å². The van der Waals surface area contributed by atoms with Crippen LogP contribution in [0.2, 0.25) is 0 Å². The molecule has 0 radical (unpaired) electrons. The minimum atomic E-state index is -0.613. The van der Waals surface area contributed by atoms with E-state index >= 15 is 0 Å². The normalized spacial score (nSPS) is 16.6. The molecule has 0 heterocycles. The van der Waals surface area contributed by atoms with E-state index in [1.54, 1.807) is 0 Å². The molecular formula is C23H40IN3O3. The van der Waals surface area contributed by atoms with Crippen LogP contribution >= 0.6 is 24.0 Å². The van der Waals surface area contributed by atoms with Gasteiger partial charge in [0.1, 0.15) is 18.5 Å². The molecule has 0 aliphatic heterocycles. The van der Waals surface area contributed by atoms with Crippen molar-refractivity contribution in [1.82, 2.24) is 10.6 Å². The van der Waals surface area contributed by atoms with Gasteiger partial charge in [-0.3, -0.25) is 4.99 Å². The predicted molar refractivity (Wildman–Crippen MR) is 134 cm³/mol. The Labute approximate surface area is 199 Å². The summed E-state index contributed by atoms with van der Waals surface area (Å²) in [5, 5.41) is 16.8. The second-order valence-corrected chi connectivity index (χ2v) is 8.01. The molecule has 2 rings (SSSR count). The van der Waals surface area contributed by atoms with Crippen molar-refractivity contribution in [2.75, 3.05) is 39.5 Å². The number of benzene rings is 1. The van der Waals surface area contributed by atoms with Gasteiger partial charge in [0.15, 0.2) is 5.96 Å². The van der Waals surface area contributed by atoms with Gasteiger partial charge in [0, 0.05) is 32.8 Å². The maximum Gasteiger partial charge on any atom is 0.191 e. The second kappa shape index (κ2) is 14.9. The van der Waals surface area contributed by atoms with Crippen LogP contribution in [-0.4, -0.2) is 56.6 Å². The van der Waals surface area contributed by atoms with Crippen LogP contribution in [0.15, 0.2) is 29.3 Å². The molecule has 0 bridgehead atoms. The molecule has 1 saturated carbocycles. The molecule has 1 aromatic carbocycles. The van der Waals surface area contributed by atoms with Crippen molar-refractivity contribution < 1.29 is 14.6 Å². The molecule has 0 aromatic heterocycles. The lowest BCUT2D eigenvalue weighted by molar-refractivity contribution is 0.106. The fourth-order valence-electron chi connectivity index (χ4n) is 3.80. The number of halogens is 1. The fraction of sp³-hybridized carbons (Fsp3) is 0.696. The Hall–Kier alpha value is -1.06. The summed E-state index contributed by atoms with van der Waals surface area (Å²) in [6.07, 6.45) is 5.45. The summed E-state index contributed by atoms with van der Waals surface area (Å²) in [4.78, 5) is 4.84. The largest absolute Gasteiger partial charge is 0.491 e. The van der Waals surface area contributed by atoms with E-state index in [2.05, 4.69) is 17.6 Å². The van der Waals surface area contributed by atoms with Crippen LogP contribution in [0.3, 0.4) is 0 Å². The standard InChI is InChI=1S/C23H39N3O3.HI/c1-4-24-22(26-18-23(11-6-7-12-23)13-14-28-5-2)25-16-20(27)17-29-21-10-8-9-19(3)15-21;/h8-10,15,20,27H,4-7,11-14,16-18H2,1-3H3,(H2,24,25,26);1H. The summed E-state index contributed by atoms with van der Waals surface area (Å²) >= 11 is 0. The van der Waals surface area contributed by atoms with Crippen molar-refractivity contribution in [1.29, 1.82) is 0 Å². The minimum Gasteiger partial charge on any atom is -0.491 e. The predicted octanol–water partition coefficient (Wildman–Crippen LogP) is 3.89. The number of aliphatic hydroxyl groups excluding tert-OH is 1. The Morgan fingerprint density at radius 3 is 2.67 bits per heavy atom. The average Bonchev–Trinajstić information content (AvgIpc) is 3.18. The lowest BCUT2D eigenvalue weighted by Crippen LogP contribution is -2.43. The molecule has 1 atom stereocenters. The van der Waals surface area contributed by atoms with E-state index in [0.717, 1.165) is 50.0 Å². The summed E-state index contributed by atoms with van der Waals surface area (Å²) in [5.74, 6) is 1.53. The lowest BCUT2D eigenvalue weighted by atomic mass is 9.83. The number of hydrogen-bond acceptors (Lipinski definition) is 4. The number of guanidine groups is 1. The molecule has 7 heteroatoms. The van der Waals surface area contributed by atoms with E-state index in [1.165, 1.54) is 25.7 Å². The van der Waals surface area contributed by atoms with Gasteiger partial charge in [-0.1, -0.05) is 25.0 Å². The number of aliphatic imine (C=N–C) groups is 1. The molecule has 0 spiro atoms. The smallest absolute Gasteiger partial charge is 0.191 e. The molecule has 30 heavy (non-hydrogen) atoms. The molecule has 1 unspecified atom stereocenters. The highest BCUT2D eigenvalue weighted by Crippen LogP contribution is 2.41. The van der Waals surface area contributed by atoms with Crippen LogP contribution in [-0.2, 0) is 4.74 Å². The maximum absolute atomic E-state index is 10.3. The molecule has 6 nitrogen and oxygen atoms in total. The summed E-state index contributed by atoms with van der Waals surface area (Å²) in [7, 11) is 0. The first kappa shape index (κ1) is 27.0. The van der Waals surface area contributed by atoms with Gasteiger partial charge in [0.05, 0.1) is 0 Å². The minimum absolute atomic E-state index is 0. The van der Waals surface area contributed by atoms with Crippen LogP contribution < -0.4 is 15.4 Å². The molecule has 1 aromatic rings. The molecule has 1 aliphatic carbocycles. The van der Waals surface area contributed by atoms with E-state index in [9.17, 15) is 5.11 Å². The van der Waals surface area contributed by atoms with Crippen LogP contribution in [0.5, 0.6) is 5.75 Å². The second-order valence-electron chi connectivity index (χ2n) is 8.01. The van der Waals surface area contributed by atoms with Crippen LogP contribution in [0.1, 0.15) is 51.5 Å². The number of aryl methyl sites for hydroxylation is 1. The number of aliphatic hydroxyl groups is 1. The highest BCUT2D eigenvalue weighted by atomic mass is 127. The van der Waals surface area contributed by atoms with Crippen molar-refractivity contribution in [3.8, 4) is 5.75 Å². The van der Waals surface area contributed by atoms with Crippen molar-refractivity contribution in [2.45, 2.75) is 59.0 Å². The average molecular weight is 533 g/mol. The van der Waals surface area contributed by atoms with E-state index in [1.807, 2.05) is 38.1 Å². The van der Waals surface area contributed by atoms with Crippen LogP contribution in [0.25, 0.3) is 0 Å². The molecule has 1 aliphatic rings. The zero-order chi connectivity index (χ0) is 21.0. The Kier molecular flexibility index (Phi) is 13.4. The van der Waals surface area contributed by atoms with Crippen molar-refractivity contribution in [2.24, 2.45) is 10.4 Å². The number of rotatable bonds is 12. The third kappa shape index (κ3) is 9.83. The third-order valence-electron chi connectivity index (χ3n) is 5.50. The van der Waals surface area contributed by atoms with Crippen molar-refractivity contribution in [3.05, 3.63) is 29.8 Å². The molecule has 0 saturated heterocycles. The Morgan fingerprint density at radius 1 is 1.23 bits per heavy atom. The maximum atomic E-state index is 10.3. The first-order valence-corrected chi connectivity index (χ1v) is 11.0. The number of hydrogen-bond donors (Lipinski definition) is 3. The number of nitrogens with zero attached hydrogens (tertiary/aromatic N) is 1. The van der Waals surface area contributed by atoms with Gasteiger partial charge in [-0.15, -0.1) is 24.0 Å². The highest BCUT2D eigenvalue weighted by molar-refractivity contribution is 14.0. The van der Waals surface area contributed by atoms with Gasteiger partial charge >= 0.3 is 0 Å². The van der Waals surface area contributed by atoms with Gasteiger partial charge in [-0.05, 0) is 63.1 Å². The van der Waals surface area contributed by atoms with E-state index in [4.69, 9.17) is 14.5 Å². The Balaban J connectivity index is 0.00000450. The molecular weight excluding hydrogens is 493 g/mol. The number of nitrogens with one attached hydrogen (secondary N) is 2. The monoisotopic (exact) mass is 533 g/mol. The topological polar surface area (TPSA) is 75.1 Å². The van der Waals surface area contributed by atoms with Crippen molar-refractivity contribution >= 4 is 29.9 Å². The van der Waals surface area contributed by atoms with Gasteiger partial charge < -0.3 is 25.2 Å². The quantitative estimate of drug-likeness (QED) is 0.165. The Bertz CT molecular complexity index is 621. The van der Waals surface area contributed by atoms with Gasteiger partial charge in [-0.2, -0.15) is 0 Å². The summed E-state index contributed by atoms with van der Waals surface area (Å²) < 4.78 is 11.3. The molecule has 1 fully saturated rings. The fourth-order valence-corrected chi connectivity index (χ4v) is 3.80. The summed E-state index contributed by atoms with van der Waals surface area (Å²) in [6, 6.07) is 7.85. The number of ether oxygens (including phenoxy) is 2. The molecule has 3 N–H and O–H groups in total. The Morgan fingerprint density at radius 2 is 2.00 bits per heavy atom. The summed E-state index contributed by atoms with van der Waals surface area (Å²) in [6.45, 7) is 9.92. The van der Waals surface area contributed by atoms with Gasteiger partial charge in [0.2, 0.25) is 0 Å². The van der Waals surface area contributed by atoms with Crippen molar-refractivity contribution in [3.63, 3.8) is 0 Å². The first-order chi connectivity index (χ1) is 14.1. The summed E-state index contributed by atoms with van der Waals surface area (Å²) in [5.41, 5.74) is 1.39. The zero-order valence-electron chi connectivity index (χ0n) is 18.8. The first-order valence-electron chi connectivity index (χ1n) is 11.0. The zero-order valence-corrected chi connectivity index (χ0v) is 21.1. The van der Waals surface area contributed by atoms with E-state index in [-0.39, 0.29) is 36.0 Å². The van der Waals surface area contributed by atoms with Crippen LogP contribution in [0.4, 0.5) is 0 Å². The van der Waals surface area contributed by atoms with Crippen LogP contribution in [0, 0.1) is 12.3 Å². The highest BCUT2D eigenvalue weighted by Gasteiger charge is 2.33. The SMILES string of the molecule is CCNC(=NCC1(CCOCC)CCCC1)NCC(O)COc1cccc(C)c1.I. The van der Waals surface area contributed by atoms with E-state index < -0.39 is 6.10 Å². The molecule has 172 valence electrons.